The van der Waals surface area contributed by atoms with Gasteiger partial charge in [-0.1, -0.05) is 52.0 Å². The number of benzene rings is 3. The number of hydrogen-bond donors (Lipinski definition) is 0. The number of carbonyl (C=O) groups excluding carboxylic acids is 2. The number of hydrogen-bond acceptors (Lipinski definition) is 8. The number of nitrogens with zero attached hydrogens (tertiary/aromatic N) is 3. The number of ether oxygens (including phenoxy) is 2. The summed E-state index contributed by atoms with van der Waals surface area (Å²) < 4.78 is 12.0. The second-order valence-electron chi connectivity index (χ2n) is 7.30. The smallest absolute Gasteiger partial charge is 0.357 e. The van der Waals surface area contributed by atoms with Crippen LogP contribution in [0.4, 0.5) is 5.69 Å². The van der Waals surface area contributed by atoms with Crippen molar-refractivity contribution >= 4 is 45.3 Å². The summed E-state index contributed by atoms with van der Waals surface area (Å²) in [5.74, 6) is -1.64. The van der Waals surface area contributed by atoms with Crippen LogP contribution in [0.2, 0.25) is 0 Å². The van der Waals surface area contributed by atoms with Crippen LogP contribution >= 0.6 is 27.7 Å². The van der Waals surface area contributed by atoms with E-state index >= 15 is 0 Å². The first-order chi connectivity index (χ1) is 17.3. The quantitative estimate of drug-likeness (QED) is 0.153. The molecule has 3 aromatic carbocycles. The second kappa shape index (κ2) is 10.8. The fourth-order valence-corrected chi connectivity index (χ4v) is 4.64. The van der Waals surface area contributed by atoms with Gasteiger partial charge in [0, 0.05) is 21.0 Å². The summed E-state index contributed by atoms with van der Waals surface area (Å²) in [5.41, 5.74) is 0.324. The first kappa shape index (κ1) is 25.1. The molecule has 9 nitrogen and oxygen atoms in total. The predicted octanol–water partition coefficient (Wildman–Crippen LogP) is 5.93. The Bertz CT molecular complexity index is 1450. The van der Waals surface area contributed by atoms with Gasteiger partial charge in [-0.05, 0) is 42.5 Å². The van der Waals surface area contributed by atoms with Crippen molar-refractivity contribution in [2.24, 2.45) is 0 Å². The zero-order valence-corrected chi connectivity index (χ0v) is 21.4. The molecule has 0 N–H and O–H groups in total. The summed E-state index contributed by atoms with van der Waals surface area (Å²) in [6.45, 7) is 0. The number of esters is 2. The molecule has 0 unspecified atom stereocenters. The van der Waals surface area contributed by atoms with E-state index < -0.39 is 16.9 Å². The maximum atomic E-state index is 12.8. The maximum Gasteiger partial charge on any atom is 0.357 e. The maximum absolute atomic E-state index is 12.8. The first-order valence-corrected chi connectivity index (χ1v) is 12.0. The van der Waals surface area contributed by atoms with Gasteiger partial charge in [0.25, 0.3) is 5.69 Å². The van der Waals surface area contributed by atoms with E-state index in [1.807, 2.05) is 24.3 Å². The molecular weight excluding hydrogens is 550 g/mol. The Labute approximate surface area is 218 Å². The summed E-state index contributed by atoms with van der Waals surface area (Å²) in [4.78, 5) is 38.2. The van der Waals surface area contributed by atoms with Crippen LogP contribution < -0.4 is 0 Å². The molecule has 4 aromatic rings. The molecule has 0 aliphatic carbocycles. The van der Waals surface area contributed by atoms with Crippen molar-refractivity contribution in [2.45, 2.75) is 9.79 Å². The molecule has 0 bridgehead atoms. The topological polar surface area (TPSA) is 114 Å². The van der Waals surface area contributed by atoms with Crippen molar-refractivity contribution in [2.75, 3.05) is 14.2 Å². The fourth-order valence-electron chi connectivity index (χ4n) is 3.48. The van der Waals surface area contributed by atoms with Crippen LogP contribution in [-0.4, -0.2) is 40.9 Å². The normalized spacial score (nSPS) is 10.6. The lowest BCUT2D eigenvalue weighted by molar-refractivity contribution is -0.387. The molecule has 1 heterocycles. The number of carbonyl (C=O) groups is 2. The third-order valence-electron chi connectivity index (χ3n) is 5.12. The lowest BCUT2D eigenvalue weighted by atomic mass is 10.0. The van der Waals surface area contributed by atoms with Gasteiger partial charge in [0.05, 0.1) is 29.7 Å². The Kier molecular flexibility index (Phi) is 7.51. The third kappa shape index (κ3) is 5.02. The molecule has 0 amide bonds. The molecule has 0 radical (unpaired) electrons. The van der Waals surface area contributed by atoms with E-state index in [2.05, 4.69) is 21.0 Å². The summed E-state index contributed by atoms with van der Waals surface area (Å²) in [6, 6.07) is 20.6. The minimum Gasteiger partial charge on any atom is -0.465 e. The Morgan fingerprint density at radius 1 is 0.972 bits per heavy atom. The zero-order chi connectivity index (χ0) is 25.8. The van der Waals surface area contributed by atoms with E-state index in [0.29, 0.717) is 10.6 Å². The molecule has 0 saturated heterocycles. The Morgan fingerprint density at radius 2 is 1.64 bits per heavy atom. The highest BCUT2D eigenvalue weighted by Crippen LogP contribution is 2.39. The molecule has 4 rings (SSSR count). The number of methoxy groups -OCH3 is 2. The van der Waals surface area contributed by atoms with E-state index in [1.165, 1.54) is 36.7 Å². The Balaban J connectivity index is 1.91. The lowest BCUT2D eigenvalue weighted by Gasteiger charge is -2.07. The molecule has 11 heteroatoms. The Hall–Kier alpha value is -3.96. The number of nitro groups is 1. The van der Waals surface area contributed by atoms with Gasteiger partial charge in [0.15, 0.2) is 5.69 Å². The summed E-state index contributed by atoms with van der Waals surface area (Å²) in [6.07, 6.45) is 0. The van der Waals surface area contributed by atoms with Crippen LogP contribution in [-0.2, 0) is 9.47 Å². The average molecular weight is 568 g/mol. The number of para-hydroxylation sites is 1. The number of nitro benzene ring substituents is 1. The van der Waals surface area contributed by atoms with Crippen molar-refractivity contribution in [3.8, 4) is 16.9 Å². The van der Waals surface area contributed by atoms with E-state index in [0.717, 1.165) is 9.37 Å². The first-order valence-electron chi connectivity index (χ1n) is 10.4. The van der Waals surface area contributed by atoms with Crippen molar-refractivity contribution in [3.63, 3.8) is 0 Å². The number of halogens is 1. The molecule has 0 fully saturated rings. The van der Waals surface area contributed by atoms with Gasteiger partial charge in [-0.25, -0.2) is 14.3 Å². The van der Waals surface area contributed by atoms with Crippen molar-refractivity contribution < 1.29 is 24.0 Å². The molecule has 0 aliphatic rings. The second-order valence-corrected chi connectivity index (χ2v) is 9.33. The van der Waals surface area contributed by atoms with Gasteiger partial charge in [0.1, 0.15) is 11.3 Å². The van der Waals surface area contributed by atoms with Gasteiger partial charge in [-0.2, -0.15) is 5.10 Å². The van der Waals surface area contributed by atoms with Crippen LogP contribution in [0.15, 0.2) is 87.1 Å². The van der Waals surface area contributed by atoms with Gasteiger partial charge >= 0.3 is 11.9 Å². The molecule has 182 valence electrons. The van der Waals surface area contributed by atoms with Crippen molar-refractivity contribution in [3.05, 3.63) is 98.6 Å². The molecular formula is C25H18BrN3O6S. The lowest BCUT2D eigenvalue weighted by Crippen LogP contribution is -2.15. The molecule has 0 saturated carbocycles. The molecule has 0 aliphatic heterocycles. The Morgan fingerprint density at radius 3 is 2.25 bits per heavy atom. The zero-order valence-electron chi connectivity index (χ0n) is 19.0. The highest BCUT2D eigenvalue weighted by Gasteiger charge is 2.32. The van der Waals surface area contributed by atoms with Gasteiger partial charge in [0.2, 0.25) is 0 Å². The monoisotopic (exact) mass is 567 g/mol. The standard InChI is InChI=1S/C25H18BrN3O6S/c1-34-24(30)21-22(27-28(23(21)25(31)35-2)17-6-4-3-5-7-17)15-8-13-20(19(14-15)29(32)33)36-18-11-9-16(26)10-12-18/h3-14H,1-2H3. The summed E-state index contributed by atoms with van der Waals surface area (Å²) in [7, 11) is 2.36. The third-order valence-corrected chi connectivity index (χ3v) is 6.73. The van der Waals surface area contributed by atoms with Crippen LogP contribution in [0.3, 0.4) is 0 Å². The molecule has 1 aromatic heterocycles. The van der Waals surface area contributed by atoms with E-state index in [4.69, 9.17) is 9.47 Å². The highest BCUT2D eigenvalue weighted by atomic mass is 79.9. The van der Waals surface area contributed by atoms with Gasteiger partial charge in [-0.3, -0.25) is 10.1 Å². The highest BCUT2D eigenvalue weighted by molar-refractivity contribution is 9.10. The molecule has 0 spiro atoms. The predicted molar refractivity (Wildman–Crippen MR) is 137 cm³/mol. The fraction of sp³-hybridized carbons (Fsp3) is 0.0800. The van der Waals surface area contributed by atoms with E-state index in [9.17, 15) is 19.7 Å². The average Bonchev–Trinajstić information content (AvgIpc) is 3.30. The number of aromatic nitrogens is 2. The minimum absolute atomic E-state index is 0.0504. The molecule has 36 heavy (non-hydrogen) atoms. The minimum atomic E-state index is -0.830. The largest absolute Gasteiger partial charge is 0.465 e. The SMILES string of the molecule is COC(=O)c1c(-c2ccc(Sc3ccc(Br)cc3)c([N+](=O)[O-])c2)nn(-c2ccccc2)c1C(=O)OC. The van der Waals surface area contributed by atoms with Gasteiger partial charge in [-0.15, -0.1) is 0 Å². The van der Waals surface area contributed by atoms with Crippen LogP contribution in [0.5, 0.6) is 0 Å². The van der Waals surface area contributed by atoms with Crippen molar-refractivity contribution in [1.82, 2.24) is 9.78 Å². The van der Waals surface area contributed by atoms with Crippen LogP contribution in [0.25, 0.3) is 16.9 Å². The van der Waals surface area contributed by atoms with Gasteiger partial charge < -0.3 is 9.47 Å². The van der Waals surface area contributed by atoms with Crippen LogP contribution in [0, 0.1) is 10.1 Å². The van der Waals surface area contributed by atoms with Crippen molar-refractivity contribution in [1.29, 1.82) is 0 Å². The van der Waals surface area contributed by atoms with E-state index in [1.54, 1.807) is 42.5 Å². The summed E-state index contributed by atoms with van der Waals surface area (Å²) >= 11 is 4.60. The molecule has 0 atom stereocenters. The van der Waals surface area contributed by atoms with Crippen LogP contribution in [0.1, 0.15) is 20.8 Å². The summed E-state index contributed by atoms with van der Waals surface area (Å²) in [5, 5.41) is 16.5. The number of rotatable bonds is 7. The van der Waals surface area contributed by atoms with E-state index in [-0.39, 0.29) is 28.2 Å².